The zero-order valence-corrected chi connectivity index (χ0v) is 14.4. The van der Waals surface area contributed by atoms with Crippen molar-refractivity contribution in [1.29, 1.82) is 0 Å². The van der Waals surface area contributed by atoms with E-state index in [2.05, 4.69) is 25.0 Å². The van der Waals surface area contributed by atoms with Gasteiger partial charge in [0.2, 0.25) is 0 Å². The van der Waals surface area contributed by atoms with Gasteiger partial charge in [-0.05, 0) is 26.3 Å². The zero-order valence-electron chi connectivity index (χ0n) is 13.6. The third-order valence-corrected chi connectivity index (χ3v) is 5.15. The molecule has 8 nitrogen and oxygen atoms in total. The number of sulfonamides is 1. The molecule has 0 saturated carbocycles. The largest absolute Gasteiger partial charge is 0.281 e. The fourth-order valence-corrected chi connectivity index (χ4v) is 3.73. The third-order valence-electron chi connectivity index (χ3n) is 3.56. The fraction of sp³-hybridized carbons (Fsp3) is 0.267. The smallest absolute Gasteiger partial charge is 0.267 e. The maximum atomic E-state index is 12.4. The van der Waals surface area contributed by atoms with Crippen LogP contribution in [0.15, 0.2) is 35.5 Å². The Kier molecular flexibility index (Phi) is 4.10. The molecule has 2 aromatic heterocycles. The monoisotopic (exact) mass is 346 g/mol. The number of rotatable bonds is 5. The van der Waals surface area contributed by atoms with Gasteiger partial charge in [-0.2, -0.15) is 10.1 Å². The Bertz CT molecular complexity index is 937. The summed E-state index contributed by atoms with van der Waals surface area (Å²) in [7, 11) is -3.78. The fourth-order valence-electron chi connectivity index (χ4n) is 2.41. The molecular weight excluding hydrogens is 328 g/mol. The second-order valence-electron chi connectivity index (χ2n) is 5.62. The minimum atomic E-state index is -3.78. The molecule has 0 fully saturated rings. The van der Waals surface area contributed by atoms with E-state index in [1.54, 1.807) is 18.5 Å². The van der Waals surface area contributed by atoms with Crippen LogP contribution in [0.4, 0.5) is 5.95 Å². The predicted octanol–water partition coefficient (Wildman–Crippen LogP) is 1.78. The Labute approximate surface area is 140 Å². The van der Waals surface area contributed by atoms with Gasteiger partial charge < -0.3 is 0 Å². The highest BCUT2D eigenvalue weighted by atomic mass is 32.2. The van der Waals surface area contributed by atoms with Gasteiger partial charge in [-0.25, -0.2) is 17.8 Å². The minimum Gasteiger partial charge on any atom is -0.281 e. The van der Waals surface area contributed by atoms with E-state index in [0.29, 0.717) is 17.9 Å². The number of hydrogen-bond acceptors (Lipinski definition) is 5. The Morgan fingerprint density at radius 3 is 2.50 bits per heavy atom. The summed E-state index contributed by atoms with van der Waals surface area (Å²) in [5.74, 6) is 0.0297. The van der Waals surface area contributed by atoms with Crippen molar-refractivity contribution in [1.82, 2.24) is 25.0 Å². The van der Waals surface area contributed by atoms with Crippen LogP contribution in [0.1, 0.15) is 22.5 Å². The Balaban J connectivity index is 1.77. The van der Waals surface area contributed by atoms with Gasteiger partial charge in [0.05, 0.1) is 17.9 Å². The number of aromatic amines is 1. The second kappa shape index (κ2) is 6.08. The van der Waals surface area contributed by atoms with Crippen molar-refractivity contribution < 1.29 is 8.42 Å². The Morgan fingerprint density at radius 2 is 1.88 bits per heavy atom. The average Bonchev–Trinajstić information content (AvgIpc) is 3.08. The molecule has 0 bridgehead atoms. The van der Waals surface area contributed by atoms with E-state index >= 15 is 0 Å². The molecule has 0 aliphatic carbocycles. The topological polar surface area (TPSA) is 106 Å². The number of nitrogens with zero attached hydrogens (tertiary/aromatic N) is 4. The molecule has 0 radical (unpaired) electrons. The molecule has 2 heterocycles. The number of aryl methyl sites for hydroxylation is 3. The van der Waals surface area contributed by atoms with Gasteiger partial charge in [0, 0.05) is 0 Å². The van der Waals surface area contributed by atoms with E-state index in [9.17, 15) is 8.42 Å². The van der Waals surface area contributed by atoms with Gasteiger partial charge in [0.1, 0.15) is 11.2 Å². The molecule has 1 aromatic carbocycles. The molecule has 0 saturated heterocycles. The summed E-state index contributed by atoms with van der Waals surface area (Å²) in [5, 5.41) is 10.7. The van der Waals surface area contributed by atoms with E-state index < -0.39 is 10.0 Å². The zero-order chi connectivity index (χ0) is 17.3. The first-order chi connectivity index (χ1) is 11.3. The van der Waals surface area contributed by atoms with Gasteiger partial charge in [0.15, 0.2) is 0 Å². The molecule has 3 aromatic rings. The van der Waals surface area contributed by atoms with Crippen LogP contribution in [0.5, 0.6) is 0 Å². The number of hydrogen-bond donors (Lipinski definition) is 2. The number of benzene rings is 1. The third kappa shape index (κ3) is 3.30. The van der Waals surface area contributed by atoms with Crippen molar-refractivity contribution in [3.63, 3.8) is 0 Å². The van der Waals surface area contributed by atoms with Crippen molar-refractivity contribution in [2.45, 2.75) is 32.2 Å². The molecule has 0 spiro atoms. The average molecular weight is 346 g/mol. The van der Waals surface area contributed by atoms with Crippen LogP contribution >= 0.6 is 0 Å². The van der Waals surface area contributed by atoms with E-state index in [-0.39, 0.29) is 10.8 Å². The van der Waals surface area contributed by atoms with Crippen LogP contribution in [0.25, 0.3) is 0 Å². The summed E-state index contributed by atoms with van der Waals surface area (Å²) in [6.07, 6.45) is 1.49. The molecule has 3 rings (SSSR count). The SMILES string of the molecule is Cc1ccc(Cn2cnc(NS(=O)(=O)c3c(C)n[nH]c3C)n2)cc1. The summed E-state index contributed by atoms with van der Waals surface area (Å²) in [5.41, 5.74) is 3.11. The van der Waals surface area contributed by atoms with Crippen molar-refractivity contribution in [3.8, 4) is 0 Å². The second-order valence-corrected chi connectivity index (χ2v) is 7.24. The maximum absolute atomic E-state index is 12.4. The summed E-state index contributed by atoms with van der Waals surface area (Å²) in [6, 6.07) is 8.03. The Hall–Kier alpha value is -2.68. The van der Waals surface area contributed by atoms with Gasteiger partial charge in [-0.1, -0.05) is 29.8 Å². The number of anilines is 1. The molecule has 24 heavy (non-hydrogen) atoms. The van der Waals surface area contributed by atoms with E-state index in [1.807, 2.05) is 31.2 Å². The minimum absolute atomic E-state index is 0.0297. The number of aromatic nitrogens is 5. The molecular formula is C15H18N6O2S. The first-order valence-corrected chi connectivity index (χ1v) is 8.83. The van der Waals surface area contributed by atoms with Crippen molar-refractivity contribution in [2.75, 3.05) is 4.72 Å². The molecule has 0 aliphatic rings. The van der Waals surface area contributed by atoms with Gasteiger partial charge in [-0.3, -0.25) is 5.10 Å². The summed E-state index contributed by atoms with van der Waals surface area (Å²) < 4.78 is 28.9. The highest BCUT2D eigenvalue weighted by molar-refractivity contribution is 7.92. The predicted molar refractivity (Wildman–Crippen MR) is 89.2 cm³/mol. The summed E-state index contributed by atoms with van der Waals surface area (Å²) in [6.45, 7) is 5.81. The summed E-state index contributed by atoms with van der Waals surface area (Å²) >= 11 is 0. The molecule has 0 atom stereocenters. The van der Waals surface area contributed by atoms with E-state index in [0.717, 1.165) is 5.56 Å². The van der Waals surface area contributed by atoms with Crippen LogP contribution in [-0.2, 0) is 16.6 Å². The quantitative estimate of drug-likeness (QED) is 0.732. The van der Waals surface area contributed by atoms with Gasteiger partial charge >= 0.3 is 0 Å². The molecule has 0 unspecified atom stereocenters. The van der Waals surface area contributed by atoms with Crippen LogP contribution in [0.3, 0.4) is 0 Å². The lowest BCUT2D eigenvalue weighted by molar-refractivity contribution is 0.599. The van der Waals surface area contributed by atoms with Crippen molar-refractivity contribution in [3.05, 3.63) is 53.1 Å². The first kappa shape index (κ1) is 16.2. The van der Waals surface area contributed by atoms with Crippen LogP contribution < -0.4 is 4.72 Å². The van der Waals surface area contributed by atoms with Crippen LogP contribution in [0.2, 0.25) is 0 Å². The lowest BCUT2D eigenvalue weighted by Gasteiger charge is -2.04. The van der Waals surface area contributed by atoms with E-state index in [4.69, 9.17) is 0 Å². The molecule has 0 amide bonds. The summed E-state index contributed by atoms with van der Waals surface area (Å²) in [4.78, 5) is 4.14. The number of H-pyrrole nitrogens is 1. The van der Waals surface area contributed by atoms with Crippen molar-refractivity contribution in [2.24, 2.45) is 0 Å². The normalized spacial score (nSPS) is 11.6. The molecule has 9 heteroatoms. The van der Waals surface area contributed by atoms with Gasteiger partial charge in [-0.15, -0.1) is 5.10 Å². The lowest BCUT2D eigenvalue weighted by atomic mass is 10.1. The highest BCUT2D eigenvalue weighted by Gasteiger charge is 2.23. The molecule has 2 N–H and O–H groups in total. The maximum Gasteiger partial charge on any atom is 0.267 e. The number of nitrogens with one attached hydrogen (secondary N) is 2. The van der Waals surface area contributed by atoms with Gasteiger partial charge in [0.25, 0.3) is 16.0 Å². The Morgan fingerprint density at radius 1 is 1.17 bits per heavy atom. The first-order valence-electron chi connectivity index (χ1n) is 7.34. The van der Waals surface area contributed by atoms with Crippen molar-refractivity contribution >= 4 is 16.0 Å². The lowest BCUT2D eigenvalue weighted by Crippen LogP contribution is -2.16. The van der Waals surface area contributed by atoms with Crippen LogP contribution in [-0.4, -0.2) is 33.4 Å². The molecule has 126 valence electrons. The van der Waals surface area contributed by atoms with E-state index in [1.165, 1.54) is 11.9 Å². The van der Waals surface area contributed by atoms with Crippen LogP contribution in [0, 0.1) is 20.8 Å². The molecule has 0 aliphatic heterocycles. The highest BCUT2D eigenvalue weighted by Crippen LogP contribution is 2.19. The standard InChI is InChI=1S/C15H18N6O2S/c1-10-4-6-13(7-5-10)8-21-9-16-15(19-21)20-24(22,23)14-11(2)17-18-12(14)3/h4-7,9H,8H2,1-3H3,(H,17,18)(H,19,20).